The van der Waals surface area contributed by atoms with Crippen LogP contribution in [0.2, 0.25) is 0 Å². The van der Waals surface area contributed by atoms with Crippen LogP contribution in [0.1, 0.15) is 6.42 Å². The third-order valence-electron chi connectivity index (χ3n) is 1.40. The Balaban J connectivity index is 0.000000249. The van der Waals surface area contributed by atoms with E-state index in [1.165, 1.54) is 0 Å². The molecule has 6 nitrogen and oxygen atoms in total. The largest absolute Gasteiger partial charge is 0.478 e. The van der Waals surface area contributed by atoms with Crippen molar-refractivity contribution in [2.75, 3.05) is 13.1 Å². The molecule has 0 spiro atoms. The van der Waals surface area contributed by atoms with Crippen LogP contribution in [-0.4, -0.2) is 46.5 Å². The van der Waals surface area contributed by atoms with Crippen LogP contribution in [0.4, 0.5) is 0 Å². The number of hydrogen-bond donors (Lipinski definition) is 4. The summed E-state index contributed by atoms with van der Waals surface area (Å²) in [6.07, 6.45) is 1.98. The smallest absolute Gasteiger partial charge is 0.328 e. The molecule has 14 heavy (non-hydrogen) atoms. The van der Waals surface area contributed by atoms with Crippen LogP contribution < -0.4 is 5.32 Å². The van der Waals surface area contributed by atoms with Gasteiger partial charge in [-0.2, -0.15) is 0 Å². The summed E-state index contributed by atoms with van der Waals surface area (Å²) in [6.45, 7) is 1.78. The molecule has 0 bridgehead atoms. The van der Waals surface area contributed by atoms with Crippen LogP contribution in [0.5, 0.6) is 0 Å². The van der Waals surface area contributed by atoms with E-state index in [0.717, 1.165) is 19.5 Å². The van der Waals surface area contributed by atoms with Crippen LogP contribution >= 0.6 is 0 Å². The minimum Gasteiger partial charge on any atom is -0.478 e. The van der Waals surface area contributed by atoms with Gasteiger partial charge in [0, 0.05) is 18.7 Å². The van der Waals surface area contributed by atoms with Crippen LogP contribution in [0.3, 0.4) is 0 Å². The summed E-state index contributed by atoms with van der Waals surface area (Å²) in [5.74, 6) is -2.51. The predicted octanol–water partition coefficient (Wildman–Crippen LogP) is -0.948. The topological polar surface area (TPSA) is 107 Å². The number of carbonyl (C=O) groups is 2. The van der Waals surface area contributed by atoms with E-state index in [-0.39, 0.29) is 6.10 Å². The summed E-state index contributed by atoms with van der Waals surface area (Å²) in [7, 11) is 0. The zero-order valence-corrected chi connectivity index (χ0v) is 7.51. The van der Waals surface area contributed by atoms with Gasteiger partial charge in [0.15, 0.2) is 0 Å². The quantitative estimate of drug-likeness (QED) is 0.431. The lowest BCUT2D eigenvalue weighted by atomic mass is 10.3. The zero-order valence-electron chi connectivity index (χ0n) is 7.51. The molecule has 0 amide bonds. The molecule has 0 aromatic heterocycles. The average molecular weight is 203 g/mol. The lowest BCUT2D eigenvalue weighted by Crippen LogP contribution is -2.11. The number of aliphatic hydroxyl groups is 1. The molecule has 0 radical (unpaired) electrons. The van der Waals surface area contributed by atoms with E-state index in [1.807, 2.05) is 0 Å². The zero-order chi connectivity index (χ0) is 11.0. The molecular weight excluding hydrogens is 190 g/mol. The molecule has 80 valence electrons. The maximum absolute atomic E-state index is 9.55. The Morgan fingerprint density at radius 3 is 1.86 bits per heavy atom. The van der Waals surface area contributed by atoms with Gasteiger partial charge in [-0.25, -0.2) is 9.59 Å². The van der Waals surface area contributed by atoms with Gasteiger partial charge in [0.25, 0.3) is 0 Å². The fourth-order valence-corrected chi connectivity index (χ4v) is 0.782. The molecular formula is C8H13NO5. The van der Waals surface area contributed by atoms with Gasteiger partial charge in [-0.3, -0.25) is 0 Å². The molecule has 0 saturated carbocycles. The number of β-amino-alcohol motifs (C(OH)–C–C–N with tert-alkyl or cyclic N) is 1. The third-order valence-corrected chi connectivity index (χ3v) is 1.40. The van der Waals surface area contributed by atoms with Crippen LogP contribution in [-0.2, 0) is 9.59 Å². The lowest BCUT2D eigenvalue weighted by Gasteiger charge is -1.90. The van der Waals surface area contributed by atoms with Gasteiger partial charge in [-0.15, -0.1) is 0 Å². The number of nitrogens with one attached hydrogen (secondary N) is 1. The first-order valence-corrected chi connectivity index (χ1v) is 4.05. The van der Waals surface area contributed by atoms with Crippen molar-refractivity contribution >= 4 is 11.9 Å². The molecule has 1 fully saturated rings. The first-order valence-electron chi connectivity index (χ1n) is 4.05. The number of hydrogen-bond acceptors (Lipinski definition) is 4. The van der Waals surface area contributed by atoms with Crippen molar-refractivity contribution in [3.05, 3.63) is 12.2 Å². The van der Waals surface area contributed by atoms with Gasteiger partial charge in [0.2, 0.25) is 0 Å². The number of aliphatic hydroxyl groups excluding tert-OH is 1. The summed E-state index contributed by atoms with van der Waals surface area (Å²) < 4.78 is 0. The summed E-state index contributed by atoms with van der Waals surface area (Å²) in [5, 5.41) is 27.3. The van der Waals surface area contributed by atoms with E-state index in [9.17, 15) is 9.59 Å². The molecule has 1 atom stereocenters. The Kier molecular flexibility index (Phi) is 6.34. The summed E-state index contributed by atoms with van der Waals surface area (Å²) >= 11 is 0. The predicted molar refractivity (Wildman–Crippen MR) is 47.9 cm³/mol. The van der Waals surface area contributed by atoms with Crippen LogP contribution in [0.15, 0.2) is 12.2 Å². The third kappa shape index (κ3) is 8.69. The van der Waals surface area contributed by atoms with Gasteiger partial charge in [0.05, 0.1) is 6.10 Å². The summed E-state index contributed by atoms with van der Waals surface area (Å²) in [6, 6.07) is 0. The fourth-order valence-electron chi connectivity index (χ4n) is 0.782. The monoisotopic (exact) mass is 203 g/mol. The van der Waals surface area contributed by atoms with E-state index >= 15 is 0 Å². The SMILES string of the molecule is O=C(O)C=CC(=O)O.O[C@H]1CCNC1. The Morgan fingerprint density at radius 2 is 1.71 bits per heavy atom. The highest BCUT2D eigenvalue weighted by molar-refractivity contribution is 5.89. The number of aliphatic carboxylic acids is 2. The lowest BCUT2D eigenvalue weighted by molar-refractivity contribution is -0.134. The van der Waals surface area contributed by atoms with Crippen molar-refractivity contribution in [1.82, 2.24) is 5.32 Å². The Morgan fingerprint density at radius 1 is 1.21 bits per heavy atom. The van der Waals surface area contributed by atoms with Crippen molar-refractivity contribution in [3.8, 4) is 0 Å². The molecule has 4 N–H and O–H groups in total. The Bertz CT molecular complexity index is 204. The molecule has 1 rings (SSSR count). The molecule has 0 aromatic rings. The van der Waals surface area contributed by atoms with Gasteiger partial charge in [-0.05, 0) is 13.0 Å². The van der Waals surface area contributed by atoms with E-state index in [0.29, 0.717) is 12.2 Å². The van der Waals surface area contributed by atoms with Gasteiger partial charge < -0.3 is 20.6 Å². The van der Waals surface area contributed by atoms with Crippen molar-refractivity contribution in [3.63, 3.8) is 0 Å². The minimum absolute atomic E-state index is 0.0648. The van der Waals surface area contributed by atoms with Crippen molar-refractivity contribution < 1.29 is 24.9 Å². The first-order chi connectivity index (χ1) is 6.52. The minimum atomic E-state index is -1.26. The van der Waals surface area contributed by atoms with E-state index < -0.39 is 11.9 Å². The standard InChI is InChI=1S/C4H9NO.C4H4O4/c6-4-1-2-5-3-4;5-3(6)1-2-4(7)8/h4-6H,1-3H2;1-2H,(H,5,6)(H,7,8)/t4-;/m0./s1. The average Bonchev–Trinajstić information content (AvgIpc) is 2.53. The highest BCUT2D eigenvalue weighted by atomic mass is 16.4. The fraction of sp³-hybridized carbons (Fsp3) is 0.500. The van der Waals surface area contributed by atoms with Gasteiger partial charge >= 0.3 is 11.9 Å². The molecule has 1 aliphatic heterocycles. The number of carboxylic acids is 2. The van der Waals surface area contributed by atoms with E-state index in [2.05, 4.69) is 5.32 Å². The molecule has 1 heterocycles. The van der Waals surface area contributed by atoms with E-state index in [1.54, 1.807) is 0 Å². The molecule has 0 aliphatic carbocycles. The summed E-state index contributed by atoms with van der Waals surface area (Å²) in [5.41, 5.74) is 0. The first kappa shape index (κ1) is 12.6. The van der Waals surface area contributed by atoms with Crippen molar-refractivity contribution in [1.29, 1.82) is 0 Å². The maximum Gasteiger partial charge on any atom is 0.328 e. The van der Waals surface area contributed by atoms with E-state index in [4.69, 9.17) is 15.3 Å². The van der Waals surface area contributed by atoms with Gasteiger partial charge in [0.1, 0.15) is 0 Å². The molecule has 0 unspecified atom stereocenters. The molecule has 0 aromatic carbocycles. The Hall–Kier alpha value is -1.40. The molecule has 1 aliphatic rings. The van der Waals surface area contributed by atoms with Crippen molar-refractivity contribution in [2.45, 2.75) is 12.5 Å². The second-order valence-electron chi connectivity index (χ2n) is 2.66. The molecule has 6 heteroatoms. The summed E-state index contributed by atoms with van der Waals surface area (Å²) in [4.78, 5) is 19.1. The van der Waals surface area contributed by atoms with Gasteiger partial charge in [-0.1, -0.05) is 0 Å². The van der Waals surface area contributed by atoms with Crippen molar-refractivity contribution in [2.24, 2.45) is 0 Å². The van der Waals surface area contributed by atoms with Crippen LogP contribution in [0.25, 0.3) is 0 Å². The number of carboxylic acid groups (broad SMARTS) is 2. The molecule has 1 saturated heterocycles. The maximum atomic E-state index is 9.55. The highest BCUT2D eigenvalue weighted by Crippen LogP contribution is 1.93. The number of rotatable bonds is 2. The normalized spacial score (nSPS) is 20.2. The van der Waals surface area contributed by atoms with Crippen LogP contribution in [0, 0.1) is 0 Å². The second kappa shape index (κ2) is 7.05. The second-order valence-corrected chi connectivity index (χ2v) is 2.66. The highest BCUT2D eigenvalue weighted by Gasteiger charge is 2.08. The Labute approximate surface area is 80.9 Å².